The Morgan fingerprint density at radius 2 is 1.85 bits per heavy atom. The van der Waals surface area contributed by atoms with Gasteiger partial charge in [0.2, 0.25) is 5.95 Å². The molecule has 0 aliphatic carbocycles. The third-order valence-corrected chi connectivity index (χ3v) is 3.55. The number of benzene rings is 1. The minimum Gasteiger partial charge on any atom is -0.464 e. The Kier molecular flexibility index (Phi) is 4.85. The zero-order chi connectivity index (χ0) is 14.7. The van der Waals surface area contributed by atoms with Crippen molar-refractivity contribution in [3.63, 3.8) is 0 Å². The molecular formula is C11H9BrCl2N4O2. The number of rotatable bonds is 4. The van der Waals surface area contributed by atoms with Crippen LogP contribution in [0.4, 0.5) is 5.95 Å². The fourth-order valence-electron chi connectivity index (χ4n) is 1.27. The van der Waals surface area contributed by atoms with Crippen molar-refractivity contribution in [2.24, 2.45) is 0 Å². The van der Waals surface area contributed by atoms with Gasteiger partial charge < -0.3 is 15.2 Å². The van der Waals surface area contributed by atoms with Gasteiger partial charge in [-0.2, -0.15) is 9.97 Å². The molecule has 2 aromatic rings. The standard InChI is InChI=1S/C11H9BrCl2N4O2/c1-2-19-10-16-9(15)17-11(18-10)20-8-4-6(13)5(12)3-7(8)14/h3-4H,2H2,1H3,(H2,15,16,17,18). The van der Waals surface area contributed by atoms with Crippen molar-refractivity contribution < 1.29 is 9.47 Å². The smallest absolute Gasteiger partial charge is 0.330 e. The first-order chi connectivity index (χ1) is 9.49. The van der Waals surface area contributed by atoms with E-state index in [1.54, 1.807) is 13.0 Å². The van der Waals surface area contributed by atoms with E-state index in [0.29, 0.717) is 26.9 Å². The van der Waals surface area contributed by atoms with Crippen molar-refractivity contribution in [3.05, 3.63) is 26.7 Å². The fourth-order valence-corrected chi connectivity index (χ4v) is 2.10. The van der Waals surface area contributed by atoms with E-state index >= 15 is 0 Å². The fraction of sp³-hybridized carbons (Fsp3) is 0.182. The first-order valence-electron chi connectivity index (χ1n) is 5.46. The van der Waals surface area contributed by atoms with E-state index in [9.17, 15) is 0 Å². The van der Waals surface area contributed by atoms with Crippen molar-refractivity contribution in [1.29, 1.82) is 0 Å². The van der Waals surface area contributed by atoms with Gasteiger partial charge in [0.1, 0.15) is 0 Å². The molecule has 1 aromatic heterocycles. The molecule has 0 aliphatic heterocycles. The van der Waals surface area contributed by atoms with Crippen molar-refractivity contribution in [1.82, 2.24) is 15.0 Å². The molecule has 0 unspecified atom stereocenters. The second kappa shape index (κ2) is 6.43. The summed E-state index contributed by atoms with van der Waals surface area (Å²) in [6.45, 7) is 2.19. The van der Waals surface area contributed by atoms with Crippen LogP contribution in [-0.4, -0.2) is 21.6 Å². The van der Waals surface area contributed by atoms with Gasteiger partial charge in [-0.05, 0) is 28.9 Å². The molecule has 0 aliphatic rings. The molecule has 9 heteroatoms. The maximum absolute atomic E-state index is 6.04. The maximum atomic E-state index is 6.04. The van der Waals surface area contributed by atoms with E-state index in [0.717, 1.165) is 0 Å². The first kappa shape index (κ1) is 15.1. The van der Waals surface area contributed by atoms with Gasteiger partial charge in [-0.15, -0.1) is 4.98 Å². The second-order valence-corrected chi connectivity index (χ2v) is 5.16. The van der Waals surface area contributed by atoms with E-state index in [4.69, 9.17) is 38.4 Å². The van der Waals surface area contributed by atoms with Gasteiger partial charge >= 0.3 is 12.0 Å². The van der Waals surface area contributed by atoms with Gasteiger partial charge in [-0.25, -0.2) is 0 Å². The summed E-state index contributed by atoms with van der Waals surface area (Å²) >= 11 is 15.3. The number of hydrogen-bond acceptors (Lipinski definition) is 6. The number of nitrogens with zero attached hydrogens (tertiary/aromatic N) is 3. The van der Waals surface area contributed by atoms with Crippen LogP contribution in [0, 0.1) is 0 Å². The predicted octanol–water partition coefficient (Wildman–Crippen LogP) is 3.71. The Morgan fingerprint density at radius 1 is 1.15 bits per heavy atom. The lowest BCUT2D eigenvalue weighted by Gasteiger charge is -2.08. The molecule has 106 valence electrons. The van der Waals surface area contributed by atoms with Crippen LogP contribution in [0.2, 0.25) is 10.0 Å². The highest BCUT2D eigenvalue weighted by molar-refractivity contribution is 9.10. The first-order valence-corrected chi connectivity index (χ1v) is 7.01. The van der Waals surface area contributed by atoms with Gasteiger partial charge in [0, 0.05) is 10.5 Å². The lowest BCUT2D eigenvalue weighted by atomic mass is 10.3. The van der Waals surface area contributed by atoms with Gasteiger partial charge in [-0.3, -0.25) is 0 Å². The number of ether oxygens (including phenoxy) is 2. The average molecular weight is 380 g/mol. The van der Waals surface area contributed by atoms with Crippen LogP contribution < -0.4 is 15.2 Å². The maximum Gasteiger partial charge on any atom is 0.330 e. The molecule has 2 N–H and O–H groups in total. The zero-order valence-corrected chi connectivity index (χ0v) is 13.3. The van der Waals surface area contributed by atoms with Gasteiger partial charge in [0.15, 0.2) is 5.75 Å². The highest BCUT2D eigenvalue weighted by atomic mass is 79.9. The molecule has 0 fully saturated rings. The highest BCUT2D eigenvalue weighted by Gasteiger charge is 2.12. The highest BCUT2D eigenvalue weighted by Crippen LogP contribution is 2.35. The van der Waals surface area contributed by atoms with E-state index in [2.05, 4.69) is 30.9 Å². The topological polar surface area (TPSA) is 83.2 Å². The molecule has 0 atom stereocenters. The molecule has 1 heterocycles. The van der Waals surface area contributed by atoms with Crippen LogP contribution in [0.3, 0.4) is 0 Å². The zero-order valence-electron chi connectivity index (χ0n) is 10.2. The van der Waals surface area contributed by atoms with Crippen molar-refractivity contribution in [3.8, 4) is 17.8 Å². The van der Waals surface area contributed by atoms with Gasteiger partial charge in [0.05, 0.1) is 16.7 Å². The van der Waals surface area contributed by atoms with E-state index in [-0.39, 0.29) is 18.0 Å². The number of nitrogen functional groups attached to an aromatic ring is 1. The molecule has 0 spiro atoms. The monoisotopic (exact) mass is 378 g/mol. The van der Waals surface area contributed by atoms with Gasteiger partial charge in [0.25, 0.3) is 0 Å². The third kappa shape index (κ3) is 3.62. The molecular weight excluding hydrogens is 371 g/mol. The summed E-state index contributed by atoms with van der Waals surface area (Å²) in [5.74, 6) is 0.283. The number of hydrogen-bond donors (Lipinski definition) is 1. The molecule has 20 heavy (non-hydrogen) atoms. The van der Waals surface area contributed by atoms with Gasteiger partial charge in [-0.1, -0.05) is 23.2 Å². The summed E-state index contributed by atoms with van der Waals surface area (Å²) in [5.41, 5.74) is 5.55. The minimum absolute atomic E-state index is 0.0159. The number of aromatic nitrogens is 3. The molecule has 1 aromatic carbocycles. The van der Waals surface area contributed by atoms with Crippen LogP contribution in [0.25, 0.3) is 0 Å². The molecule has 0 amide bonds. The number of anilines is 1. The van der Waals surface area contributed by atoms with Crippen LogP contribution in [0.1, 0.15) is 6.92 Å². The summed E-state index contributed by atoms with van der Waals surface area (Å²) in [6.07, 6.45) is 0. The largest absolute Gasteiger partial charge is 0.464 e. The number of nitrogens with two attached hydrogens (primary N) is 1. The summed E-state index contributed by atoms with van der Waals surface area (Å²) in [6, 6.07) is 3.19. The Bertz CT molecular complexity index is 642. The minimum atomic E-state index is -0.0266. The molecule has 0 bridgehead atoms. The Hall–Kier alpha value is -1.31. The SMILES string of the molecule is CCOc1nc(N)nc(Oc2cc(Cl)c(Br)cc2Cl)n1. The lowest BCUT2D eigenvalue weighted by Crippen LogP contribution is -2.05. The molecule has 2 rings (SSSR count). The third-order valence-electron chi connectivity index (χ3n) is 2.06. The van der Waals surface area contributed by atoms with Crippen LogP contribution in [-0.2, 0) is 0 Å². The quantitative estimate of drug-likeness (QED) is 0.815. The molecule has 0 radical (unpaired) electrons. The average Bonchev–Trinajstić information content (AvgIpc) is 2.35. The Labute approximate surface area is 133 Å². The van der Waals surface area contributed by atoms with Crippen LogP contribution in [0.15, 0.2) is 16.6 Å². The summed E-state index contributed by atoms with van der Waals surface area (Å²) in [4.78, 5) is 11.6. The molecule has 6 nitrogen and oxygen atoms in total. The summed E-state index contributed by atoms with van der Waals surface area (Å²) < 4.78 is 11.3. The Balaban J connectivity index is 2.32. The predicted molar refractivity (Wildman–Crippen MR) is 79.6 cm³/mol. The van der Waals surface area contributed by atoms with Crippen molar-refractivity contribution in [2.75, 3.05) is 12.3 Å². The second-order valence-electron chi connectivity index (χ2n) is 3.49. The van der Waals surface area contributed by atoms with E-state index < -0.39 is 0 Å². The lowest BCUT2D eigenvalue weighted by molar-refractivity contribution is 0.304. The molecule has 0 saturated heterocycles. The van der Waals surface area contributed by atoms with E-state index in [1.807, 2.05) is 0 Å². The van der Waals surface area contributed by atoms with Crippen LogP contribution in [0.5, 0.6) is 17.8 Å². The summed E-state index contributed by atoms with van der Waals surface area (Å²) in [5, 5.41) is 0.787. The number of halogens is 3. The summed E-state index contributed by atoms with van der Waals surface area (Å²) in [7, 11) is 0. The van der Waals surface area contributed by atoms with Crippen LogP contribution >= 0.6 is 39.1 Å². The molecule has 0 saturated carbocycles. The van der Waals surface area contributed by atoms with Crippen molar-refractivity contribution >= 4 is 45.1 Å². The van der Waals surface area contributed by atoms with Crippen molar-refractivity contribution in [2.45, 2.75) is 6.92 Å². The normalized spacial score (nSPS) is 10.4. The Morgan fingerprint density at radius 3 is 2.55 bits per heavy atom. The van der Waals surface area contributed by atoms with E-state index in [1.165, 1.54) is 6.07 Å².